The number of benzene rings is 6. The molecule has 3 fully saturated rings. The number of H-pyrrole nitrogens is 3. The summed E-state index contributed by atoms with van der Waals surface area (Å²) < 4.78 is 34.7. The van der Waals surface area contributed by atoms with Gasteiger partial charge in [0.25, 0.3) is 0 Å². The average Bonchev–Trinajstić information content (AvgIpc) is 1.60. The molecule has 0 aliphatic carbocycles. The van der Waals surface area contributed by atoms with E-state index in [9.17, 15) is 19.2 Å². The Bertz CT molecular complexity index is 4770. The van der Waals surface area contributed by atoms with E-state index in [2.05, 4.69) is 74.3 Å². The molecule has 20 nitrogen and oxygen atoms in total. The van der Waals surface area contributed by atoms with Gasteiger partial charge in [0.2, 0.25) is 5.91 Å². The van der Waals surface area contributed by atoms with Crippen molar-refractivity contribution in [3.05, 3.63) is 205 Å². The Morgan fingerprint density at radius 1 is 0.509 bits per heavy atom. The minimum atomic E-state index is -0.397. The first-order chi connectivity index (χ1) is 53.4. The van der Waals surface area contributed by atoms with E-state index in [4.69, 9.17) is 63.2 Å². The zero-order chi connectivity index (χ0) is 77.0. The van der Waals surface area contributed by atoms with E-state index in [1.807, 2.05) is 132 Å². The molecule has 3 saturated heterocycles. The number of allylic oxidation sites excluding steroid dienone is 1. The van der Waals surface area contributed by atoms with Gasteiger partial charge in [0.05, 0.1) is 32.2 Å². The van der Waals surface area contributed by atoms with Gasteiger partial charge in [-0.15, -0.1) is 5.92 Å². The van der Waals surface area contributed by atoms with E-state index in [0.717, 1.165) is 162 Å². The maximum Gasteiger partial charge on any atom is 0.415 e. The molecule has 0 radical (unpaired) electrons. The van der Waals surface area contributed by atoms with Gasteiger partial charge < -0.3 is 58.1 Å². The smallest absolute Gasteiger partial charge is 0.415 e. The summed E-state index contributed by atoms with van der Waals surface area (Å²) in [6, 6.07) is 40.9. The fourth-order valence-corrected chi connectivity index (χ4v) is 16.9. The highest BCUT2D eigenvalue weighted by molar-refractivity contribution is 6.32. The third kappa shape index (κ3) is 19.0. The largest absolute Gasteiger partial charge is 0.494 e. The van der Waals surface area contributed by atoms with Crippen molar-refractivity contribution in [3.8, 4) is 29.1 Å². The molecular weight excluding hydrogens is 1450 g/mol. The third-order valence-corrected chi connectivity index (χ3v) is 22.5. The molecule has 3 aromatic heterocycles. The second-order valence-electron chi connectivity index (χ2n) is 29.7. The number of ether oxygens (including phenoxy) is 6. The van der Waals surface area contributed by atoms with E-state index >= 15 is 0 Å². The second-order valence-corrected chi connectivity index (χ2v) is 31.1. The summed E-state index contributed by atoms with van der Waals surface area (Å²) in [5, 5.41) is 5.40. The first-order valence-corrected chi connectivity index (χ1v) is 39.8. The normalized spacial score (nSPS) is 19.3. The Kier molecular flexibility index (Phi) is 26.3. The molecule has 5 atom stereocenters. The number of nitrogens with zero attached hydrogens (tertiary/aromatic N) is 7. The van der Waals surface area contributed by atoms with Crippen LogP contribution < -0.4 is 14.2 Å². The van der Waals surface area contributed by atoms with Crippen LogP contribution >= 0.6 is 34.8 Å². The Hall–Kier alpha value is -9.33. The van der Waals surface area contributed by atoms with E-state index in [0.29, 0.717) is 78.4 Å². The van der Waals surface area contributed by atoms with Crippen molar-refractivity contribution < 1.29 is 47.6 Å². The highest BCUT2D eigenvalue weighted by atomic mass is 35.5. The van der Waals surface area contributed by atoms with Crippen LogP contribution in [0.2, 0.25) is 15.1 Å². The summed E-state index contributed by atoms with van der Waals surface area (Å²) in [6.45, 7) is 23.8. The number of likely N-dealkylation sites (tertiary alicyclic amines) is 2. The molecule has 6 aliphatic rings. The van der Waals surface area contributed by atoms with E-state index in [-0.39, 0.29) is 42.8 Å². The molecule has 9 aromatic rings. The number of piperidine rings is 2. The highest BCUT2D eigenvalue weighted by Gasteiger charge is 2.39. The van der Waals surface area contributed by atoms with Crippen LogP contribution in [0.4, 0.5) is 14.4 Å². The average molecular weight is 1550 g/mol. The number of hydrogen-bond acceptors (Lipinski definition) is 13. The van der Waals surface area contributed by atoms with E-state index in [1.54, 1.807) is 30.6 Å². The zero-order valence-electron chi connectivity index (χ0n) is 63.9. The molecule has 23 heteroatoms. The first-order valence-electron chi connectivity index (χ1n) is 38.7. The van der Waals surface area contributed by atoms with Gasteiger partial charge in [-0.05, 0) is 223 Å². The van der Waals surface area contributed by atoms with Gasteiger partial charge >= 0.3 is 18.3 Å². The SMILES string of the molecule is C=C(C)OC(=O)N1CCc2c([nH]c3ccc(Cl)cc23)C1c1ccc(OCC2CCCN(C)C2)cc1.CC#CCOC(=O)N1CCc2c([nH]c3ccc(Cl)cc23)C1c1ccc(OCCCN2CCN(C(C)=O)CC2)cc1.CCCOC(=O)N1CCc2c([nH]c3ccc(Cl)cc23)C1c1ccc(OCC2CCCN(C)C2)cc1. The summed E-state index contributed by atoms with van der Waals surface area (Å²) in [6.07, 6.45) is 7.68. The number of piperazine rings is 1. The van der Waals surface area contributed by atoms with Crippen molar-refractivity contribution in [2.24, 2.45) is 11.8 Å². The molecule has 0 bridgehead atoms. The van der Waals surface area contributed by atoms with Gasteiger partial charge in [0.15, 0.2) is 6.61 Å². The van der Waals surface area contributed by atoms with Crippen LogP contribution in [-0.2, 0) is 38.3 Å². The fraction of sp³-hybridized carbons (Fsp3) is 0.425. The van der Waals surface area contributed by atoms with Crippen molar-refractivity contribution in [3.63, 3.8) is 0 Å². The van der Waals surface area contributed by atoms with Crippen LogP contribution in [0, 0.1) is 23.7 Å². The Labute approximate surface area is 660 Å². The molecule has 110 heavy (non-hydrogen) atoms. The minimum absolute atomic E-state index is 0.0624. The maximum absolute atomic E-state index is 13.1. The molecule has 5 unspecified atom stereocenters. The van der Waals surface area contributed by atoms with Crippen molar-refractivity contribution in [1.82, 2.24) is 49.3 Å². The van der Waals surface area contributed by atoms with E-state index in [1.165, 1.54) is 55.5 Å². The number of amides is 4. The van der Waals surface area contributed by atoms with Gasteiger partial charge in [-0.3, -0.25) is 24.4 Å². The number of aromatic nitrogens is 3. The number of carbonyl (C=O) groups excluding carboxylic acids is 4. The predicted molar refractivity (Wildman–Crippen MR) is 434 cm³/mol. The van der Waals surface area contributed by atoms with Gasteiger partial charge in [0, 0.05) is 149 Å². The molecule has 3 N–H and O–H groups in total. The lowest BCUT2D eigenvalue weighted by Gasteiger charge is -2.35. The number of nitrogens with one attached hydrogen (secondary N) is 3. The van der Waals surface area contributed by atoms with Crippen LogP contribution in [0.1, 0.15) is 135 Å². The standard InChI is InChI=1S/C31H35ClN4O4.C28H32ClN3O3.C28H34ClN3O3/c1-3-4-19-40-31(38)36-14-12-26-27-21-24(32)8-11-28(27)33-29(26)30(36)23-6-9-25(10-7-23)39-20-5-13-34-15-17-35(18-16-34)22(2)37;1-18(2)35-28(33)32-14-12-23-24-15-21(29)8-11-25(24)30-26(23)27(32)20-6-9-22(10-7-20)34-17-19-5-4-13-31(3)16-19;1-3-15-34-28(33)32-14-12-23-24-16-21(29)8-11-25(24)30-26(23)27(32)20-6-9-22(10-7-20)35-18-19-5-4-13-31(2)17-19/h6-11,21,30,33H,5,12-20H2,1-2H3;6-11,15,19,27,30H,1,4-5,12-14,16-17H2,2-3H3;6-11,16,19,27,30H,3-5,12-15,17-18H2,1-2H3. The number of halogens is 3. The van der Waals surface area contributed by atoms with Crippen LogP contribution in [0.5, 0.6) is 17.2 Å². The molecule has 0 spiro atoms. The number of carbonyl (C=O) groups is 4. The Morgan fingerprint density at radius 3 is 1.31 bits per heavy atom. The lowest BCUT2D eigenvalue weighted by atomic mass is 9.92. The lowest BCUT2D eigenvalue weighted by molar-refractivity contribution is -0.130. The summed E-state index contributed by atoms with van der Waals surface area (Å²) in [7, 11) is 4.34. The predicted octanol–water partition coefficient (Wildman–Crippen LogP) is 17.1. The lowest BCUT2D eigenvalue weighted by Crippen LogP contribution is -2.48. The van der Waals surface area contributed by atoms with Gasteiger partial charge in [0.1, 0.15) is 35.4 Å². The molecular formula is C87H101Cl3N10O10. The summed E-state index contributed by atoms with van der Waals surface area (Å²) in [4.78, 5) is 75.7. The maximum atomic E-state index is 13.1. The minimum Gasteiger partial charge on any atom is -0.494 e. The topological polar surface area (TPSA) is 194 Å². The van der Waals surface area contributed by atoms with Crippen molar-refractivity contribution in [2.45, 2.75) is 104 Å². The van der Waals surface area contributed by atoms with Crippen molar-refractivity contribution in [2.75, 3.05) is 126 Å². The molecule has 6 aliphatic heterocycles. The van der Waals surface area contributed by atoms with Crippen LogP contribution in [0.3, 0.4) is 0 Å². The number of rotatable bonds is 18. The number of aromatic amines is 3. The Balaban J connectivity index is 0.000000145. The number of hydrogen-bond donors (Lipinski definition) is 3. The molecule has 0 saturated carbocycles. The third-order valence-electron chi connectivity index (χ3n) is 21.8. The highest BCUT2D eigenvalue weighted by Crippen LogP contribution is 2.44. The summed E-state index contributed by atoms with van der Waals surface area (Å²) in [5.41, 5.74) is 12.6. The monoisotopic (exact) mass is 1550 g/mol. The van der Waals surface area contributed by atoms with Crippen molar-refractivity contribution in [1.29, 1.82) is 0 Å². The molecule has 4 amide bonds. The van der Waals surface area contributed by atoms with Crippen LogP contribution in [-0.4, -0.2) is 199 Å². The van der Waals surface area contributed by atoms with E-state index < -0.39 is 6.09 Å². The second kappa shape index (κ2) is 36.7. The summed E-state index contributed by atoms with van der Waals surface area (Å²) in [5.74, 6) is 9.71. The van der Waals surface area contributed by atoms with Crippen LogP contribution in [0.25, 0.3) is 32.7 Å². The van der Waals surface area contributed by atoms with Crippen molar-refractivity contribution >= 4 is 91.7 Å². The Morgan fingerprint density at radius 2 is 0.918 bits per heavy atom. The van der Waals surface area contributed by atoms with Gasteiger partial charge in [-0.25, -0.2) is 14.4 Å². The number of fused-ring (bicyclic) bond motifs is 9. The zero-order valence-corrected chi connectivity index (χ0v) is 66.2. The molecule has 9 heterocycles. The molecule has 6 aromatic carbocycles. The fourth-order valence-electron chi connectivity index (χ4n) is 16.4. The first kappa shape index (κ1) is 78.8. The van der Waals surface area contributed by atoms with Crippen LogP contribution in [0.15, 0.2) is 140 Å². The quantitative estimate of drug-likeness (QED) is 0.0318. The van der Waals surface area contributed by atoms with Gasteiger partial charge in [-0.1, -0.05) is 90.6 Å². The molecule has 15 rings (SSSR count). The van der Waals surface area contributed by atoms with Gasteiger partial charge in [-0.2, -0.15) is 0 Å². The molecule has 580 valence electrons. The summed E-state index contributed by atoms with van der Waals surface area (Å²) >= 11 is 18.9.